The van der Waals surface area contributed by atoms with Gasteiger partial charge < -0.3 is 10.6 Å². The van der Waals surface area contributed by atoms with Crippen LogP contribution in [0.3, 0.4) is 0 Å². The first-order valence-corrected chi connectivity index (χ1v) is 7.83. The van der Waals surface area contributed by atoms with E-state index >= 15 is 0 Å². The summed E-state index contributed by atoms with van der Waals surface area (Å²) in [5, 5.41) is 3.90. The lowest BCUT2D eigenvalue weighted by atomic mass is 9.90. The molecule has 1 aliphatic carbocycles. The summed E-state index contributed by atoms with van der Waals surface area (Å²) in [5.74, 6) is 7.14. The highest BCUT2D eigenvalue weighted by Crippen LogP contribution is 2.25. The Balaban J connectivity index is 1.94. The summed E-state index contributed by atoms with van der Waals surface area (Å²) in [6.07, 6.45) is 8.67. The molecule has 0 heterocycles. The quantitative estimate of drug-likeness (QED) is 0.482. The second-order valence-electron chi connectivity index (χ2n) is 5.67. The molecular formula is C17H26N2O. The van der Waals surface area contributed by atoms with E-state index in [2.05, 4.69) is 24.2 Å². The molecule has 110 valence electrons. The molecule has 2 N–H and O–H groups in total. The Bertz CT molecular complexity index is 436. The van der Waals surface area contributed by atoms with Crippen LogP contribution < -0.4 is 10.6 Å². The van der Waals surface area contributed by atoms with Crippen LogP contribution in [-0.2, 0) is 0 Å². The number of ether oxygens (including phenoxy) is 1. The lowest BCUT2D eigenvalue weighted by Crippen LogP contribution is -2.15. The van der Waals surface area contributed by atoms with Crippen LogP contribution in [0.1, 0.15) is 57.4 Å². The monoisotopic (exact) mass is 274 g/mol. The third-order valence-electron chi connectivity index (χ3n) is 4.02. The van der Waals surface area contributed by atoms with Crippen molar-refractivity contribution in [2.45, 2.75) is 51.9 Å². The maximum absolute atomic E-state index is 5.96. The van der Waals surface area contributed by atoms with Crippen LogP contribution in [0.15, 0.2) is 29.4 Å². The molecule has 0 bridgehead atoms. The predicted molar refractivity (Wildman–Crippen MR) is 84.1 cm³/mol. The molecule has 1 saturated carbocycles. The van der Waals surface area contributed by atoms with Crippen LogP contribution in [-0.4, -0.2) is 12.3 Å². The highest BCUT2D eigenvalue weighted by atomic mass is 16.5. The summed E-state index contributed by atoms with van der Waals surface area (Å²) in [7, 11) is 0. The van der Waals surface area contributed by atoms with E-state index in [0.717, 1.165) is 42.4 Å². The molecular weight excluding hydrogens is 248 g/mol. The molecule has 2 rings (SSSR count). The summed E-state index contributed by atoms with van der Waals surface area (Å²) < 4.78 is 5.96. The molecule has 0 saturated heterocycles. The van der Waals surface area contributed by atoms with Crippen molar-refractivity contribution < 1.29 is 4.74 Å². The SMILES string of the molecule is CCC/C(=N\N)c1cccc(OCC2CCCCC2)c1. The fourth-order valence-electron chi connectivity index (χ4n) is 2.85. The molecule has 1 aromatic rings. The standard InChI is InChI=1S/C17H26N2O/c1-2-7-17(19-18)15-10-6-11-16(12-15)20-13-14-8-4-3-5-9-14/h6,10-12,14H,2-5,7-9,13,18H2,1H3/b19-17+. The van der Waals surface area contributed by atoms with Crippen LogP contribution in [0.25, 0.3) is 0 Å². The van der Waals surface area contributed by atoms with Gasteiger partial charge in [0.15, 0.2) is 0 Å². The molecule has 3 heteroatoms. The van der Waals surface area contributed by atoms with Crippen molar-refractivity contribution in [2.75, 3.05) is 6.61 Å². The molecule has 0 amide bonds. The smallest absolute Gasteiger partial charge is 0.119 e. The maximum atomic E-state index is 5.96. The second-order valence-corrected chi connectivity index (χ2v) is 5.67. The lowest BCUT2D eigenvalue weighted by molar-refractivity contribution is 0.209. The van der Waals surface area contributed by atoms with Gasteiger partial charge in [0.05, 0.1) is 12.3 Å². The first-order valence-electron chi connectivity index (χ1n) is 7.83. The first-order chi connectivity index (χ1) is 9.83. The average Bonchev–Trinajstić information content (AvgIpc) is 2.52. The highest BCUT2D eigenvalue weighted by molar-refractivity contribution is 6.00. The van der Waals surface area contributed by atoms with Crippen LogP contribution in [0.2, 0.25) is 0 Å². The van der Waals surface area contributed by atoms with Crippen molar-refractivity contribution in [2.24, 2.45) is 16.9 Å². The highest BCUT2D eigenvalue weighted by Gasteiger charge is 2.14. The summed E-state index contributed by atoms with van der Waals surface area (Å²) >= 11 is 0. The van der Waals surface area contributed by atoms with Gasteiger partial charge in [0, 0.05) is 5.56 Å². The van der Waals surface area contributed by atoms with Crippen LogP contribution in [0.4, 0.5) is 0 Å². The third kappa shape index (κ3) is 4.26. The second kappa shape index (κ2) is 7.93. The Morgan fingerprint density at radius 3 is 2.80 bits per heavy atom. The molecule has 20 heavy (non-hydrogen) atoms. The summed E-state index contributed by atoms with van der Waals surface area (Å²) in [5.41, 5.74) is 2.03. The zero-order chi connectivity index (χ0) is 14.2. The molecule has 3 nitrogen and oxygen atoms in total. The van der Waals surface area contributed by atoms with Gasteiger partial charge in [0.2, 0.25) is 0 Å². The summed E-state index contributed by atoms with van der Waals surface area (Å²) in [6, 6.07) is 8.15. The number of hydrazone groups is 1. The van der Waals surface area contributed by atoms with E-state index in [0.29, 0.717) is 0 Å². The van der Waals surface area contributed by atoms with Crippen molar-refractivity contribution in [3.05, 3.63) is 29.8 Å². The maximum Gasteiger partial charge on any atom is 0.119 e. The number of hydrogen-bond donors (Lipinski definition) is 1. The van der Waals surface area contributed by atoms with Gasteiger partial charge in [-0.2, -0.15) is 5.10 Å². The lowest BCUT2D eigenvalue weighted by Gasteiger charge is -2.21. The minimum Gasteiger partial charge on any atom is -0.493 e. The van der Waals surface area contributed by atoms with Crippen molar-refractivity contribution in [3.63, 3.8) is 0 Å². The zero-order valence-electron chi connectivity index (χ0n) is 12.5. The molecule has 0 aliphatic heterocycles. The van der Waals surface area contributed by atoms with Gasteiger partial charge in [-0.1, -0.05) is 44.7 Å². The van der Waals surface area contributed by atoms with E-state index in [1.165, 1.54) is 32.1 Å². The van der Waals surface area contributed by atoms with E-state index in [1.54, 1.807) is 0 Å². The fraction of sp³-hybridized carbons (Fsp3) is 0.588. The topological polar surface area (TPSA) is 47.6 Å². The molecule has 1 fully saturated rings. The number of benzene rings is 1. The Morgan fingerprint density at radius 1 is 1.30 bits per heavy atom. The molecule has 0 radical (unpaired) electrons. The van der Waals surface area contributed by atoms with Gasteiger partial charge in [-0.25, -0.2) is 0 Å². The van der Waals surface area contributed by atoms with Gasteiger partial charge in [-0.3, -0.25) is 0 Å². The Hall–Kier alpha value is -1.51. The van der Waals surface area contributed by atoms with Gasteiger partial charge >= 0.3 is 0 Å². The van der Waals surface area contributed by atoms with E-state index in [1.807, 2.05) is 12.1 Å². The van der Waals surface area contributed by atoms with E-state index in [4.69, 9.17) is 10.6 Å². The van der Waals surface area contributed by atoms with Crippen LogP contribution in [0, 0.1) is 5.92 Å². The number of hydrogen-bond acceptors (Lipinski definition) is 3. The van der Waals surface area contributed by atoms with Gasteiger partial charge in [-0.15, -0.1) is 0 Å². The van der Waals surface area contributed by atoms with Gasteiger partial charge in [-0.05, 0) is 37.3 Å². The van der Waals surface area contributed by atoms with Gasteiger partial charge in [0.1, 0.15) is 5.75 Å². The molecule has 0 atom stereocenters. The number of nitrogens with two attached hydrogens (primary N) is 1. The minimum absolute atomic E-state index is 0.727. The van der Waals surface area contributed by atoms with E-state index < -0.39 is 0 Å². The predicted octanol–water partition coefficient (Wildman–Crippen LogP) is 4.11. The Morgan fingerprint density at radius 2 is 2.10 bits per heavy atom. The largest absolute Gasteiger partial charge is 0.493 e. The number of rotatable bonds is 6. The molecule has 1 aliphatic rings. The van der Waals surface area contributed by atoms with Crippen LogP contribution >= 0.6 is 0 Å². The number of nitrogens with zero attached hydrogens (tertiary/aromatic N) is 1. The molecule has 0 aromatic heterocycles. The Kier molecular flexibility index (Phi) is 5.90. The van der Waals surface area contributed by atoms with Crippen molar-refractivity contribution in [1.29, 1.82) is 0 Å². The summed E-state index contributed by atoms with van der Waals surface area (Å²) in [6.45, 7) is 2.97. The third-order valence-corrected chi connectivity index (χ3v) is 4.02. The minimum atomic E-state index is 0.727. The Labute approximate surface area is 122 Å². The van der Waals surface area contributed by atoms with Crippen LogP contribution in [0.5, 0.6) is 5.75 Å². The fourth-order valence-corrected chi connectivity index (χ4v) is 2.85. The average molecular weight is 274 g/mol. The zero-order valence-corrected chi connectivity index (χ0v) is 12.5. The first kappa shape index (κ1) is 14.9. The molecule has 0 spiro atoms. The van der Waals surface area contributed by atoms with Crippen molar-refractivity contribution >= 4 is 5.71 Å². The van der Waals surface area contributed by atoms with E-state index in [-0.39, 0.29) is 0 Å². The molecule has 1 aromatic carbocycles. The van der Waals surface area contributed by atoms with E-state index in [9.17, 15) is 0 Å². The van der Waals surface area contributed by atoms with Crippen molar-refractivity contribution in [1.82, 2.24) is 0 Å². The van der Waals surface area contributed by atoms with Crippen molar-refractivity contribution in [3.8, 4) is 5.75 Å². The summed E-state index contributed by atoms with van der Waals surface area (Å²) in [4.78, 5) is 0. The molecule has 0 unspecified atom stereocenters. The van der Waals surface area contributed by atoms with Gasteiger partial charge in [0.25, 0.3) is 0 Å². The normalized spacial score (nSPS) is 17.1.